The van der Waals surface area contributed by atoms with Crippen molar-refractivity contribution in [1.29, 1.82) is 0 Å². The van der Waals surface area contributed by atoms with Gasteiger partial charge in [-0.1, -0.05) is 34.9 Å². The molecule has 0 atom stereocenters. The van der Waals surface area contributed by atoms with Gasteiger partial charge < -0.3 is 4.74 Å². The lowest BCUT2D eigenvalue weighted by molar-refractivity contribution is 0.0400. The number of aryl methyl sites for hydroxylation is 1. The molecule has 27 heavy (non-hydrogen) atoms. The van der Waals surface area contributed by atoms with Crippen molar-refractivity contribution in [2.75, 3.05) is 6.54 Å². The summed E-state index contributed by atoms with van der Waals surface area (Å²) in [4.78, 5) is 12.8. The van der Waals surface area contributed by atoms with Crippen LogP contribution in [0.4, 0.5) is 4.79 Å². The fourth-order valence-corrected chi connectivity index (χ4v) is 4.04. The third-order valence-electron chi connectivity index (χ3n) is 4.47. The molecular formula is C21H29NO4S. The summed E-state index contributed by atoms with van der Waals surface area (Å²) in [5, 5.41) is 0. The van der Waals surface area contributed by atoms with Crippen LogP contribution in [0.3, 0.4) is 0 Å². The summed E-state index contributed by atoms with van der Waals surface area (Å²) in [6.07, 6.45) is 2.58. The van der Waals surface area contributed by atoms with Crippen LogP contribution in [0.2, 0.25) is 0 Å². The molecule has 0 saturated heterocycles. The molecule has 148 valence electrons. The van der Waals surface area contributed by atoms with E-state index in [2.05, 4.69) is 6.92 Å². The molecule has 6 heteroatoms. The summed E-state index contributed by atoms with van der Waals surface area (Å²) in [7, 11) is -4.02. The monoisotopic (exact) mass is 391 g/mol. The first kappa shape index (κ1) is 21.2. The minimum Gasteiger partial charge on any atom is -0.443 e. The van der Waals surface area contributed by atoms with Crippen LogP contribution in [-0.4, -0.2) is 31.0 Å². The summed E-state index contributed by atoms with van der Waals surface area (Å²) < 4.78 is 32.6. The van der Waals surface area contributed by atoms with E-state index < -0.39 is 21.7 Å². The Morgan fingerprint density at radius 1 is 1.07 bits per heavy atom. The zero-order chi connectivity index (χ0) is 20.4. The van der Waals surface area contributed by atoms with Gasteiger partial charge in [0.15, 0.2) is 0 Å². The molecule has 0 fully saturated rings. The van der Waals surface area contributed by atoms with Crippen molar-refractivity contribution >= 4 is 16.1 Å². The summed E-state index contributed by atoms with van der Waals surface area (Å²) in [6.45, 7) is 11.1. The van der Waals surface area contributed by atoms with E-state index in [9.17, 15) is 13.2 Å². The van der Waals surface area contributed by atoms with Gasteiger partial charge in [-0.2, -0.15) is 4.31 Å². The zero-order valence-electron chi connectivity index (χ0n) is 17.0. The normalized spacial score (nSPS) is 15.4. The number of hydrogen-bond acceptors (Lipinski definition) is 4. The number of nitrogens with zero attached hydrogens (tertiary/aromatic N) is 1. The molecule has 0 saturated carbocycles. The number of carbonyl (C=O) groups excluding carboxylic acids is 1. The van der Waals surface area contributed by atoms with Gasteiger partial charge >= 0.3 is 6.09 Å². The lowest BCUT2D eigenvalue weighted by atomic mass is 9.93. The Labute approximate surface area is 162 Å². The van der Waals surface area contributed by atoms with Crippen molar-refractivity contribution in [1.82, 2.24) is 4.31 Å². The Hall–Kier alpha value is -2.08. The standard InChI is InChI=1S/C21H29NO4S/c1-15-7-11-19(12-8-15)27(24,25)22(20(23)26-21(4,5)6)14-18-10-9-16(2)17(3)13-18/h7-8,10-12H,9,13-14H2,1-6H3. The largest absolute Gasteiger partial charge is 0.443 e. The van der Waals surface area contributed by atoms with Crippen LogP contribution in [0.15, 0.2) is 52.0 Å². The molecule has 0 bridgehead atoms. The first-order valence-corrected chi connectivity index (χ1v) is 10.5. The molecule has 0 aliphatic heterocycles. The van der Waals surface area contributed by atoms with E-state index in [0.29, 0.717) is 6.42 Å². The highest BCUT2D eigenvalue weighted by Gasteiger charge is 2.34. The minimum absolute atomic E-state index is 0.00422. The van der Waals surface area contributed by atoms with Gasteiger partial charge in [0.25, 0.3) is 10.0 Å². The van der Waals surface area contributed by atoms with Gasteiger partial charge in [-0.3, -0.25) is 0 Å². The van der Waals surface area contributed by atoms with Crippen molar-refractivity contribution in [3.63, 3.8) is 0 Å². The summed E-state index contributed by atoms with van der Waals surface area (Å²) in [6, 6.07) is 6.48. The summed E-state index contributed by atoms with van der Waals surface area (Å²) in [5.74, 6) is 0. The molecule has 1 aromatic rings. The van der Waals surface area contributed by atoms with Crippen LogP contribution in [0, 0.1) is 6.92 Å². The van der Waals surface area contributed by atoms with E-state index in [1.165, 1.54) is 23.3 Å². The molecule has 1 amide bonds. The van der Waals surface area contributed by atoms with E-state index >= 15 is 0 Å². The molecule has 0 spiro atoms. The Morgan fingerprint density at radius 2 is 1.67 bits per heavy atom. The maximum absolute atomic E-state index is 13.2. The lowest BCUT2D eigenvalue weighted by Gasteiger charge is -2.28. The van der Waals surface area contributed by atoms with Crippen LogP contribution in [0.1, 0.15) is 53.0 Å². The van der Waals surface area contributed by atoms with Crippen LogP contribution in [0.5, 0.6) is 0 Å². The topological polar surface area (TPSA) is 63.7 Å². The minimum atomic E-state index is -4.02. The summed E-state index contributed by atoms with van der Waals surface area (Å²) in [5.41, 5.74) is 3.56. The highest BCUT2D eigenvalue weighted by molar-refractivity contribution is 7.89. The molecule has 1 aliphatic carbocycles. The Balaban J connectivity index is 2.38. The molecular weight excluding hydrogens is 362 g/mol. The highest BCUT2D eigenvalue weighted by atomic mass is 32.2. The smallest absolute Gasteiger partial charge is 0.424 e. The van der Waals surface area contributed by atoms with Gasteiger partial charge in [0.2, 0.25) is 0 Å². The number of carbonyl (C=O) groups is 1. The number of allylic oxidation sites excluding steroid dienone is 3. The molecule has 0 unspecified atom stereocenters. The van der Waals surface area contributed by atoms with Gasteiger partial charge in [0.05, 0.1) is 11.4 Å². The predicted octanol–water partition coefficient (Wildman–Crippen LogP) is 4.98. The Bertz CT molecular complexity index is 872. The van der Waals surface area contributed by atoms with Gasteiger partial charge in [-0.25, -0.2) is 13.2 Å². The first-order valence-electron chi connectivity index (χ1n) is 9.05. The maximum atomic E-state index is 13.2. The second kappa shape index (κ2) is 7.89. The average Bonchev–Trinajstić information content (AvgIpc) is 2.54. The van der Waals surface area contributed by atoms with Crippen molar-refractivity contribution in [2.45, 2.75) is 64.9 Å². The van der Waals surface area contributed by atoms with E-state index in [4.69, 9.17) is 4.74 Å². The molecule has 2 rings (SSSR count). The Kier molecular flexibility index (Phi) is 6.20. The van der Waals surface area contributed by atoms with Crippen LogP contribution in [-0.2, 0) is 14.8 Å². The molecule has 0 aromatic heterocycles. The first-order chi connectivity index (χ1) is 12.4. The van der Waals surface area contributed by atoms with E-state index in [0.717, 1.165) is 21.9 Å². The van der Waals surface area contributed by atoms with E-state index in [1.807, 2.05) is 19.9 Å². The molecule has 5 nitrogen and oxygen atoms in total. The number of ether oxygens (including phenoxy) is 1. The van der Waals surface area contributed by atoms with Gasteiger partial charge in [-0.05, 0) is 72.1 Å². The number of amides is 1. The fraction of sp³-hybridized carbons (Fsp3) is 0.476. The van der Waals surface area contributed by atoms with Crippen molar-refractivity contribution < 1.29 is 17.9 Å². The van der Waals surface area contributed by atoms with Gasteiger partial charge in [-0.15, -0.1) is 0 Å². The number of sulfonamides is 1. The van der Waals surface area contributed by atoms with E-state index in [-0.39, 0.29) is 11.4 Å². The van der Waals surface area contributed by atoms with Crippen molar-refractivity contribution in [3.05, 3.63) is 52.6 Å². The number of rotatable bonds is 4. The Morgan fingerprint density at radius 3 is 2.19 bits per heavy atom. The second-order valence-corrected chi connectivity index (χ2v) is 9.97. The molecule has 0 N–H and O–H groups in total. The number of benzene rings is 1. The molecule has 1 aliphatic rings. The third kappa shape index (κ3) is 5.45. The quantitative estimate of drug-likeness (QED) is 0.679. The van der Waals surface area contributed by atoms with E-state index in [1.54, 1.807) is 32.9 Å². The van der Waals surface area contributed by atoms with Crippen LogP contribution < -0.4 is 0 Å². The number of hydrogen-bond donors (Lipinski definition) is 0. The zero-order valence-corrected chi connectivity index (χ0v) is 17.8. The molecule has 0 heterocycles. The lowest BCUT2D eigenvalue weighted by Crippen LogP contribution is -2.42. The fourth-order valence-electron chi connectivity index (χ4n) is 2.74. The van der Waals surface area contributed by atoms with Crippen molar-refractivity contribution in [3.8, 4) is 0 Å². The maximum Gasteiger partial charge on any atom is 0.424 e. The molecule has 0 radical (unpaired) electrons. The van der Waals surface area contributed by atoms with Crippen LogP contribution in [0.25, 0.3) is 0 Å². The average molecular weight is 392 g/mol. The van der Waals surface area contributed by atoms with Crippen LogP contribution >= 0.6 is 0 Å². The van der Waals surface area contributed by atoms with Gasteiger partial charge in [0.1, 0.15) is 5.60 Å². The summed E-state index contributed by atoms with van der Waals surface area (Å²) >= 11 is 0. The highest BCUT2D eigenvalue weighted by Crippen LogP contribution is 2.27. The SMILES string of the molecule is CC1=C(C)CC(CN(C(=O)OC(C)(C)C)S(=O)(=O)c2ccc(C)cc2)=CC1. The molecule has 1 aromatic carbocycles. The third-order valence-corrected chi connectivity index (χ3v) is 6.20. The predicted molar refractivity (Wildman–Crippen MR) is 107 cm³/mol. The van der Waals surface area contributed by atoms with Crippen molar-refractivity contribution in [2.24, 2.45) is 0 Å². The second-order valence-electron chi connectivity index (χ2n) is 8.11. The van der Waals surface area contributed by atoms with Gasteiger partial charge in [0, 0.05) is 0 Å².